The van der Waals surface area contributed by atoms with E-state index in [9.17, 15) is 9.59 Å². The molecule has 2 N–H and O–H groups in total. The zero-order valence-corrected chi connectivity index (χ0v) is 20.5. The van der Waals surface area contributed by atoms with Gasteiger partial charge < -0.3 is 20.1 Å². The maximum Gasteiger partial charge on any atom is 0.300 e. The number of benzene rings is 2. The summed E-state index contributed by atoms with van der Waals surface area (Å²) in [6.45, 7) is 3.54. The van der Waals surface area contributed by atoms with Gasteiger partial charge in [0.1, 0.15) is 17.3 Å². The number of carbonyl (C=O) groups is 2. The Morgan fingerprint density at radius 1 is 0.947 bits per heavy atom. The topological polar surface area (TPSA) is 106 Å². The monoisotopic (exact) mass is 507 g/mol. The first-order valence-electron chi connectivity index (χ1n) is 12.1. The molecule has 1 saturated heterocycles. The fraction of sp³-hybridized carbons (Fsp3) is 0.172. The van der Waals surface area contributed by atoms with Crippen LogP contribution in [0.25, 0.3) is 10.9 Å². The molecule has 9 heteroatoms. The Balaban J connectivity index is 1.25. The number of anilines is 2. The summed E-state index contributed by atoms with van der Waals surface area (Å²) in [6.07, 6.45) is 3.27. The highest BCUT2D eigenvalue weighted by Gasteiger charge is 2.11. The van der Waals surface area contributed by atoms with Crippen LogP contribution >= 0.6 is 0 Å². The lowest BCUT2D eigenvalue weighted by atomic mass is 10.1. The van der Waals surface area contributed by atoms with Crippen molar-refractivity contribution in [3.8, 4) is 23.3 Å². The van der Waals surface area contributed by atoms with Gasteiger partial charge in [0.15, 0.2) is 0 Å². The molecule has 1 aliphatic heterocycles. The first kappa shape index (κ1) is 24.9. The summed E-state index contributed by atoms with van der Waals surface area (Å²) < 4.78 is 11.4. The SMILES string of the molecule is O=C(C#CCN1CCOCC1)Nc1ccc2nccc(Oc3ccc(C(=O)Nc4ccccn4)cc3)c2c1. The van der Waals surface area contributed by atoms with Gasteiger partial charge in [0.05, 0.1) is 25.3 Å². The first-order valence-corrected chi connectivity index (χ1v) is 12.1. The highest BCUT2D eigenvalue weighted by molar-refractivity contribution is 6.05. The summed E-state index contributed by atoms with van der Waals surface area (Å²) in [4.78, 5) is 35.5. The lowest BCUT2D eigenvalue weighted by molar-refractivity contribution is -0.111. The second-order valence-electron chi connectivity index (χ2n) is 8.48. The Morgan fingerprint density at radius 3 is 2.58 bits per heavy atom. The molecule has 2 amide bonds. The molecule has 0 unspecified atom stereocenters. The number of aromatic nitrogens is 2. The van der Waals surface area contributed by atoms with Gasteiger partial charge in [-0.3, -0.25) is 19.5 Å². The zero-order chi connectivity index (χ0) is 26.2. The highest BCUT2D eigenvalue weighted by atomic mass is 16.5. The molecule has 0 aliphatic carbocycles. The maximum atomic E-state index is 12.5. The molecule has 0 bridgehead atoms. The Labute approximate surface area is 219 Å². The molecule has 38 heavy (non-hydrogen) atoms. The van der Waals surface area contributed by atoms with Crippen LogP contribution in [0.1, 0.15) is 10.4 Å². The Kier molecular flexibility index (Phi) is 7.84. The van der Waals surface area contributed by atoms with Crippen molar-refractivity contribution < 1.29 is 19.1 Å². The van der Waals surface area contributed by atoms with Crippen molar-refractivity contribution in [1.82, 2.24) is 14.9 Å². The minimum absolute atomic E-state index is 0.266. The van der Waals surface area contributed by atoms with Gasteiger partial charge in [0.2, 0.25) is 0 Å². The number of nitrogens with zero attached hydrogens (tertiary/aromatic N) is 3. The van der Waals surface area contributed by atoms with E-state index in [-0.39, 0.29) is 11.8 Å². The smallest absolute Gasteiger partial charge is 0.300 e. The number of ether oxygens (including phenoxy) is 2. The number of carbonyl (C=O) groups excluding carboxylic acids is 2. The molecule has 190 valence electrons. The predicted octanol–water partition coefficient (Wildman–Crippen LogP) is 3.95. The zero-order valence-electron chi connectivity index (χ0n) is 20.5. The van der Waals surface area contributed by atoms with Gasteiger partial charge in [-0.1, -0.05) is 12.0 Å². The molecular weight excluding hydrogens is 482 g/mol. The number of fused-ring (bicyclic) bond motifs is 1. The third-order valence-electron chi connectivity index (χ3n) is 5.82. The molecule has 1 aliphatic rings. The first-order chi connectivity index (χ1) is 18.6. The fourth-order valence-corrected chi connectivity index (χ4v) is 3.87. The highest BCUT2D eigenvalue weighted by Crippen LogP contribution is 2.31. The summed E-state index contributed by atoms with van der Waals surface area (Å²) in [5.41, 5.74) is 1.77. The van der Waals surface area contributed by atoms with E-state index in [2.05, 4.69) is 37.3 Å². The van der Waals surface area contributed by atoms with E-state index in [1.165, 1.54) is 0 Å². The van der Waals surface area contributed by atoms with Crippen molar-refractivity contribution >= 4 is 34.2 Å². The molecule has 3 heterocycles. The molecule has 4 aromatic rings. The van der Waals surface area contributed by atoms with Crippen LogP contribution in [0.3, 0.4) is 0 Å². The van der Waals surface area contributed by atoms with Crippen LogP contribution in [-0.4, -0.2) is 59.5 Å². The van der Waals surface area contributed by atoms with Crippen LogP contribution in [-0.2, 0) is 9.53 Å². The van der Waals surface area contributed by atoms with Gasteiger partial charge in [-0.15, -0.1) is 0 Å². The van der Waals surface area contributed by atoms with E-state index in [1.807, 2.05) is 6.07 Å². The van der Waals surface area contributed by atoms with Crippen molar-refractivity contribution in [2.45, 2.75) is 0 Å². The van der Waals surface area contributed by atoms with Crippen LogP contribution < -0.4 is 15.4 Å². The summed E-state index contributed by atoms with van der Waals surface area (Å²) >= 11 is 0. The normalized spacial score (nSPS) is 13.3. The number of nitrogens with one attached hydrogen (secondary N) is 2. The van der Waals surface area contributed by atoms with Crippen molar-refractivity contribution in [2.75, 3.05) is 43.5 Å². The van der Waals surface area contributed by atoms with E-state index < -0.39 is 0 Å². The van der Waals surface area contributed by atoms with Gasteiger partial charge >= 0.3 is 0 Å². The largest absolute Gasteiger partial charge is 0.457 e. The number of amides is 2. The second-order valence-corrected chi connectivity index (χ2v) is 8.48. The number of hydrogen-bond donors (Lipinski definition) is 2. The third kappa shape index (κ3) is 6.50. The van der Waals surface area contributed by atoms with Crippen LogP contribution in [0.15, 0.2) is 79.1 Å². The van der Waals surface area contributed by atoms with Crippen LogP contribution in [0, 0.1) is 11.8 Å². The average Bonchev–Trinajstić information content (AvgIpc) is 2.95. The lowest BCUT2D eigenvalue weighted by Gasteiger charge is -2.24. The van der Waals surface area contributed by atoms with E-state index >= 15 is 0 Å². The van der Waals surface area contributed by atoms with Gasteiger partial charge in [0, 0.05) is 42.1 Å². The molecule has 0 radical (unpaired) electrons. The van der Waals surface area contributed by atoms with Crippen molar-refractivity contribution in [2.24, 2.45) is 0 Å². The molecule has 1 fully saturated rings. The van der Waals surface area contributed by atoms with Crippen molar-refractivity contribution in [3.05, 3.63) is 84.7 Å². The molecule has 0 spiro atoms. The van der Waals surface area contributed by atoms with Crippen molar-refractivity contribution in [3.63, 3.8) is 0 Å². The number of morpholine rings is 1. The molecule has 2 aromatic heterocycles. The van der Waals surface area contributed by atoms with Gasteiger partial charge in [-0.25, -0.2) is 4.98 Å². The average molecular weight is 508 g/mol. The summed E-state index contributed by atoms with van der Waals surface area (Å²) in [7, 11) is 0. The minimum atomic E-state index is -0.386. The number of hydrogen-bond acceptors (Lipinski definition) is 7. The summed E-state index contributed by atoms with van der Waals surface area (Å²) in [5, 5.41) is 6.29. The number of rotatable bonds is 6. The third-order valence-corrected chi connectivity index (χ3v) is 5.82. The quantitative estimate of drug-likeness (QED) is 0.381. The summed E-state index contributed by atoms with van der Waals surface area (Å²) in [6, 6.07) is 19.2. The van der Waals surface area contributed by atoms with E-state index in [1.54, 1.807) is 73.1 Å². The second kappa shape index (κ2) is 12.0. The van der Waals surface area contributed by atoms with E-state index in [4.69, 9.17) is 9.47 Å². The van der Waals surface area contributed by atoms with Gasteiger partial charge in [-0.2, -0.15) is 0 Å². The van der Waals surface area contributed by atoms with Crippen molar-refractivity contribution in [1.29, 1.82) is 0 Å². The number of pyridine rings is 2. The molecule has 0 atom stereocenters. The van der Waals surface area contributed by atoms with Gasteiger partial charge in [-0.05, 0) is 66.6 Å². The van der Waals surface area contributed by atoms with Crippen LogP contribution in [0.4, 0.5) is 11.5 Å². The summed E-state index contributed by atoms with van der Waals surface area (Å²) in [5.74, 6) is 6.51. The minimum Gasteiger partial charge on any atom is -0.457 e. The van der Waals surface area contributed by atoms with Crippen LogP contribution in [0.2, 0.25) is 0 Å². The predicted molar refractivity (Wildman–Crippen MR) is 144 cm³/mol. The van der Waals surface area contributed by atoms with Gasteiger partial charge in [0.25, 0.3) is 11.8 Å². The Morgan fingerprint density at radius 2 is 1.79 bits per heavy atom. The molecular formula is C29H25N5O4. The standard InChI is InChI=1S/C29H25N5O4/c35-28(5-3-15-34-16-18-37-19-17-34)32-22-8-11-25-24(20-22)26(12-14-30-25)38-23-9-6-21(7-10-23)29(36)33-27-4-1-2-13-31-27/h1-2,4,6-14,20H,15-19H2,(H,32,35)(H,31,33,36). The lowest BCUT2D eigenvalue weighted by Crippen LogP contribution is -2.36. The van der Waals surface area contributed by atoms with E-state index in [0.29, 0.717) is 53.8 Å². The fourth-order valence-electron chi connectivity index (χ4n) is 3.87. The maximum absolute atomic E-state index is 12.5. The Hall–Kier alpha value is -4.78. The molecule has 0 saturated carbocycles. The molecule has 2 aromatic carbocycles. The van der Waals surface area contributed by atoms with E-state index in [0.717, 1.165) is 18.5 Å². The Bertz CT molecular complexity index is 1490. The molecule has 5 rings (SSSR count). The van der Waals surface area contributed by atoms with Crippen LogP contribution in [0.5, 0.6) is 11.5 Å². The molecule has 9 nitrogen and oxygen atoms in total.